The number of aliphatic hydroxyl groups is 1. The third-order valence-corrected chi connectivity index (χ3v) is 8.91. The summed E-state index contributed by atoms with van der Waals surface area (Å²) in [6.07, 6.45) is 0. The molecular formula is C49H44O7. The van der Waals surface area contributed by atoms with E-state index in [0.29, 0.717) is 66.5 Å². The molecule has 0 aromatic heterocycles. The van der Waals surface area contributed by atoms with Crippen molar-refractivity contribution in [3.63, 3.8) is 0 Å². The van der Waals surface area contributed by atoms with E-state index in [0.717, 1.165) is 33.4 Å². The van der Waals surface area contributed by atoms with E-state index in [4.69, 9.17) is 28.4 Å². The van der Waals surface area contributed by atoms with Gasteiger partial charge in [0.25, 0.3) is 0 Å². The minimum absolute atomic E-state index is 0.212. The molecule has 0 unspecified atom stereocenters. The van der Waals surface area contributed by atoms with Crippen LogP contribution in [0.1, 0.15) is 38.9 Å². The van der Waals surface area contributed by atoms with Gasteiger partial charge in [-0.1, -0.05) is 127 Å². The molecule has 0 saturated heterocycles. The molecule has 0 bridgehead atoms. The topological polar surface area (TPSA) is 75.6 Å². The van der Waals surface area contributed by atoms with E-state index in [2.05, 4.69) is 0 Å². The summed E-state index contributed by atoms with van der Waals surface area (Å²) in [6, 6.07) is 57.2. The quantitative estimate of drug-likeness (QED) is 0.0883. The lowest BCUT2D eigenvalue weighted by Crippen LogP contribution is -2.05. The summed E-state index contributed by atoms with van der Waals surface area (Å²) < 4.78 is 37.5. The van der Waals surface area contributed by atoms with Gasteiger partial charge in [-0.15, -0.1) is 0 Å². The molecule has 0 atom stereocenters. The lowest BCUT2D eigenvalue weighted by Gasteiger charge is -2.17. The minimum Gasteiger partial charge on any atom is -0.489 e. The zero-order chi connectivity index (χ0) is 38.2. The van der Waals surface area contributed by atoms with Gasteiger partial charge < -0.3 is 33.5 Å². The number of hydrogen-bond donors (Lipinski definition) is 1. The highest BCUT2D eigenvalue weighted by Crippen LogP contribution is 2.32. The van der Waals surface area contributed by atoms with Crippen LogP contribution in [0.5, 0.6) is 34.5 Å². The molecule has 7 aromatic carbocycles. The predicted molar refractivity (Wildman–Crippen MR) is 217 cm³/mol. The second-order valence-corrected chi connectivity index (χ2v) is 13.2. The van der Waals surface area contributed by atoms with Crippen LogP contribution in [-0.4, -0.2) is 5.11 Å². The third kappa shape index (κ3) is 11.2. The van der Waals surface area contributed by atoms with Gasteiger partial charge in [-0.2, -0.15) is 0 Å². The molecule has 7 rings (SSSR count). The zero-order valence-electron chi connectivity index (χ0n) is 31.1. The largest absolute Gasteiger partial charge is 0.489 e. The van der Waals surface area contributed by atoms with Crippen LogP contribution in [0, 0.1) is 0 Å². The molecule has 1 N–H and O–H groups in total. The van der Waals surface area contributed by atoms with Crippen LogP contribution < -0.4 is 28.4 Å². The van der Waals surface area contributed by atoms with E-state index in [9.17, 15) is 5.11 Å². The maximum absolute atomic E-state index is 10.5. The van der Waals surface area contributed by atoms with Gasteiger partial charge in [-0.05, 0) is 69.8 Å². The molecule has 0 fully saturated rings. The Labute approximate surface area is 328 Å². The molecule has 282 valence electrons. The third-order valence-electron chi connectivity index (χ3n) is 8.91. The highest BCUT2D eigenvalue weighted by Gasteiger charge is 2.14. The number of benzene rings is 7. The number of hydrogen-bond acceptors (Lipinski definition) is 7. The molecule has 7 aromatic rings. The van der Waals surface area contributed by atoms with Crippen LogP contribution in [0.2, 0.25) is 0 Å². The standard InChI is InChI=1S/C49H44O7/c50-30-47-48(55-35-41-24-43(51-31-37-14-5-1-6-15-37)28-44(25-41)52-32-38-16-7-2-8-17-38)22-13-23-49(47)56-36-42-26-45(53-33-39-18-9-3-10-19-39)29-46(27-42)54-34-40-20-11-4-12-21-40/h1-29,50H,30-36H2. The maximum Gasteiger partial charge on any atom is 0.129 e. The van der Waals surface area contributed by atoms with Crippen molar-refractivity contribution in [3.05, 3.63) is 215 Å². The summed E-state index contributed by atoms with van der Waals surface area (Å²) >= 11 is 0. The van der Waals surface area contributed by atoms with Gasteiger partial charge in [0.05, 0.1) is 12.2 Å². The second kappa shape index (κ2) is 19.6. The van der Waals surface area contributed by atoms with Crippen molar-refractivity contribution in [2.24, 2.45) is 0 Å². The van der Waals surface area contributed by atoms with E-state index in [1.807, 2.05) is 176 Å². The molecule has 7 heteroatoms. The predicted octanol–water partition coefficient (Wildman–Crippen LogP) is 10.7. The molecule has 0 spiro atoms. The van der Waals surface area contributed by atoms with Gasteiger partial charge in [0.2, 0.25) is 0 Å². The second-order valence-electron chi connectivity index (χ2n) is 13.2. The molecule has 0 aliphatic carbocycles. The first-order valence-corrected chi connectivity index (χ1v) is 18.6. The lowest BCUT2D eigenvalue weighted by molar-refractivity contribution is 0.239. The Morgan fingerprint density at radius 3 is 0.857 bits per heavy atom. The van der Waals surface area contributed by atoms with Crippen molar-refractivity contribution < 1.29 is 33.5 Å². The molecule has 0 amide bonds. The van der Waals surface area contributed by atoms with Gasteiger partial charge in [0.15, 0.2) is 0 Å². The van der Waals surface area contributed by atoms with Gasteiger partial charge in [0.1, 0.15) is 74.1 Å². The van der Waals surface area contributed by atoms with Crippen LogP contribution in [-0.2, 0) is 46.2 Å². The molecule has 0 aliphatic rings. The monoisotopic (exact) mass is 744 g/mol. The molecule has 56 heavy (non-hydrogen) atoms. The summed E-state index contributed by atoms with van der Waals surface area (Å²) in [6.45, 7) is 1.82. The van der Waals surface area contributed by atoms with Crippen molar-refractivity contribution in [2.45, 2.75) is 46.2 Å². The van der Waals surface area contributed by atoms with Crippen molar-refractivity contribution in [1.82, 2.24) is 0 Å². The van der Waals surface area contributed by atoms with Crippen molar-refractivity contribution in [3.8, 4) is 34.5 Å². The Morgan fingerprint density at radius 1 is 0.286 bits per heavy atom. The van der Waals surface area contributed by atoms with Crippen LogP contribution in [0.25, 0.3) is 0 Å². The number of aliphatic hydroxyl groups excluding tert-OH is 1. The van der Waals surface area contributed by atoms with E-state index >= 15 is 0 Å². The highest BCUT2D eigenvalue weighted by atomic mass is 16.5. The number of ether oxygens (including phenoxy) is 6. The first kappa shape index (κ1) is 37.6. The first-order chi connectivity index (χ1) is 27.7. The Balaban J connectivity index is 1.05. The SMILES string of the molecule is OCc1c(OCc2cc(OCc3ccccc3)cc(OCc3ccccc3)c2)cccc1OCc1cc(OCc2ccccc2)cc(OCc2ccccc2)c1. The Bertz CT molecular complexity index is 1960. The average molecular weight is 745 g/mol. The van der Waals surface area contributed by atoms with Gasteiger partial charge in [-0.25, -0.2) is 0 Å². The first-order valence-electron chi connectivity index (χ1n) is 18.6. The molecular weight excluding hydrogens is 701 g/mol. The average Bonchev–Trinajstić information content (AvgIpc) is 3.26. The van der Waals surface area contributed by atoms with Gasteiger partial charge in [0, 0.05) is 12.1 Å². The summed E-state index contributed by atoms with van der Waals surface area (Å²) in [5, 5.41) is 10.5. The van der Waals surface area contributed by atoms with E-state index in [-0.39, 0.29) is 19.8 Å². The summed E-state index contributed by atoms with van der Waals surface area (Å²) in [4.78, 5) is 0. The molecule has 0 saturated carbocycles. The van der Waals surface area contributed by atoms with E-state index in [1.165, 1.54) is 0 Å². The van der Waals surface area contributed by atoms with E-state index < -0.39 is 0 Å². The van der Waals surface area contributed by atoms with Crippen molar-refractivity contribution >= 4 is 0 Å². The summed E-state index contributed by atoms with van der Waals surface area (Å²) in [5.74, 6) is 3.69. The number of rotatable bonds is 19. The van der Waals surface area contributed by atoms with Gasteiger partial charge >= 0.3 is 0 Å². The fourth-order valence-corrected chi connectivity index (χ4v) is 6.02. The lowest BCUT2D eigenvalue weighted by atomic mass is 10.1. The van der Waals surface area contributed by atoms with Crippen LogP contribution >= 0.6 is 0 Å². The van der Waals surface area contributed by atoms with Crippen LogP contribution in [0.3, 0.4) is 0 Å². The van der Waals surface area contributed by atoms with Crippen LogP contribution in [0.15, 0.2) is 176 Å². The van der Waals surface area contributed by atoms with Crippen LogP contribution in [0.4, 0.5) is 0 Å². The Morgan fingerprint density at radius 2 is 0.571 bits per heavy atom. The fraction of sp³-hybridized carbons (Fsp3) is 0.143. The van der Waals surface area contributed by atoms with Crippen molar-refractivity contribution in [1.29, 1.82) is 0 Å². The van der Waals surface area contributed by atoms with Crippen molar-refractivity contribution in [2.75, 3.05) is 0 Å². The summed E-state index contributed by atoms with van der Waals surface area (Å²) in [7, 11) is 0. The maximum atomic E-state index is 10.5. The minimum atomic E-state index is -0.275. The molecule has 7 nitrogen and oxygen atoms in total. The smallest absolute Gasteiger partial charge is 0.129 e. The summed E-state index contributed by atoms with van der Waals surface area (Å²) in [5.41, 5.74) is 6.50. The fourth-order valence-electron chi connectivity index (χ4n) is 6.02. The van der Waals surface area contributed by atoms with Gasteiger partial charge in [-0.3, -0.25) is 0 Å². The normalized spacial score (nSPS) is 10.7. The molecule has 0 aliphatic heterocycles. The zero-order valence-corrected chi connectivity index (χ0v) is 31.1. The molecule has 0 heterocycles. The Hall–Kier alpha value is -6.70. The highest BCUT2D eigenvalue weighted by molar-refractivity contribution is 5.46. The molecule has 0 radical (unpaired) electrons. The Kier molecular flexibility index (Phi) is 13.1. The van der Waals surface area contributed by atoms with E-state index in [1.54, 1.807) is 0 Å².